The van der Waals surface area contributed by atoms with Gasteiger partial charge >= 0.3 is 0 Å². The fourth-order valence-electron chi connectivity index (χ4n) is 2.37. The molecule has 1 aliphatic heterocycles. The third kappa shape index (κ3) is 2.44. The number of aryl methyl sites for hydroxylation is 1. The van der Waals surface area contributed by atoms with Crippen LogP contribution in [0, 0.1) is 12.7 Å². The van der Waals surface area contributed by atoms with Crippen LogP contribution in [0.15, 0.2) is 22.7 Å². The van der Waals surface area contributed by atoms with Crippen LogP contribution in [-0.2, 0) is 0 Å². The number of halogens is 1. The van der Waals surface area contributed by atoms with E-state index in [4.69, 9.17) is 4.52 Å². The molecule has 106 valence electrons. The maximum absolute atomic E-state index is 13.9. The third-order valence-corrected chi connectivity index (χ3v) is 3.61. The summed E-state index contributed by atoms with van der Waals surface area (Å²) >= 11 is 0. The van der Waals surface area contributed by atoms with Crippen LogP contribution >= 0.6 is 0 Å². The number of benzene rings is 1. The molecule has 1 N–H and O–H groups in total. The van der Waals surface area contributed by atoms with Gasteiger partial charge in [0.15, 0.2) is 5.82 Å². The van der Waals surface area contributed by atoms with Gasteiger partial charge in [0.05, 0.1) is 11.6 Å². The van der Waals surface area contributed by atoms with Gasteiger partial charge in [0.2, 0.25) is 0 Å². The van der Waals surface area contributed by atoms with E-state index in [1.54, 1.807) is 6.07 Å². The van der Waals surface area contributed by atoms with Gasteiger partial charge in [-0.25, -0.2) is 4.39 Å². The van der Waals surface area contributed by atoms with Crippen LogP contribution < -0.4 is 5.32 Å². The average Bonchev–Trinajstić information content (AvgIpc) is 2.88. The van der Waals surface area contributed by atoms with Crippen LogP contribution in [0.25, 0.3) is 11.5 Å². The number of piperazine rings is 1. The van der Waals surface area contributed by atoms with E-state index in [-0.39, 0.29) is 17.7 Å². The second-order valence-corrected chi connectivity index (χ2v) is 5.14. The van der Waals surface area contributed by atoms with Crippen molar-refractivity contribution in [1.29, 1.82) is 0 Å². The molecule has 20 heavy (non-hydrogen) atoms. The molecule has 0 bridgehead atoms. The van der Waals surface area contributed by atoms with E-state index >= 15 is 0 Å². The first-order valence-electron chi connectivity index (χ1n) is 6.66. The van der Waals surface area contributed by atoms with Crippen molar-refractivity contribution in [3.05, 3.63) is 35.4 Å². The lowest BCUT2D eigenvalue weighted by Crippen LogP contribution is -2.44. The molecule has 2 aromatic rings. The quantitative estimate of drug-likeness (QED) is 0.906. The maximum atomic E-state index is 13.9. The Balaban J connectivity index is 1.89. The molecule has 0 radical (unpaired) electrons. The number of likely N-dealkylation sites (N-methyl/N-ethyl adjacent to an activating group) is 1. The van der Waals surface area contributed by atoms with Crippen molar-refractivity contribution < 1.29 is 8.91 Å². The van der Waals surface area contributed by atoms with Crippen molar-refractivity contribution in [2.24, 2.45) is 0 Å². The van der Waals surface area contributed by atoms with Crippen molar-refractivity contribution in [2.45, 2.75) is 13.0 Å². The second-order valence-electron chi connectivity index (χ2n) is 5.14. The molecular weight excluding hydrogens is 259 g/mol. The van der Waals surface area contributed by atoms with Crippen molar-refractivity contribution in [3.8, 4) is 11.5 Å². The first kappa shape index (κ1) is 13.2. The van der Waals surface area contributed by atoms with E-state index in [1.165, 1.54) is 6.07 Å². The molecule has 5 nitrogen and oxygen atoms in total. The first-order chi connectivity index (χ1) is 9.65. The molecule has 1 unspecified atom stereocenters. The van der Waals surface area contributed by atoms with Gasteiger partial charge in [-0.2, -0.15) is 4.98 Å². The lowest BCUT2D eigenvalue weighted by atomic mass is 10.1. The molecule has 0 aliphatic carbocycles. The molecule has 0 spiro atoms. The number of rotatable bonds is 2. The fourth-order valence-corrected chi connectivity index (χ4v) is 2.37. The highest BCUT2D eigenvalue weighted by Crippen LogP contribution is 2.25. The highest BCUT2D eigenvalue weighted by atomic mass is 19.1. The monoisotopic (exact) mass is 276 g/mol. The van der Waals surface area contributed by atoms with E-state index in [0.717, 1.165) is 25.2 Å². The molecule has 0 saturated carbocycles. The van der Waals surface area contributed by atoms with E-state index in [9.17, 15) is 4.39 Å². The van der Waals surface area contributed by atoms with Gasteiger partial charge in [0.1, 0.15) is 5.82 Å². The minimum absolute atomic E-state index is 0.0646. The number of aromatic nitrogens is 2. The Morgan fingerprint density at radius 3 is 3.05 bits per heavy atom. The Morgan fingerprint density at radius 1 is 1.45 bits per heavy atom. The molecule has 1 aromatic heterocycles. The van der Waals surface area contributed by atoms with E-state index in [0.29, 0.717) is 11.4 Å². The maximum Gasteiger partial charge on any atom is 0.260 e. The van der Waals surface area contributed by atoms with Crippen molar-refractivity contribution >= 4 is 0 Å². The predicted molar refractivity (Wildman–Crippen MR) is 72.7 cm³/mol. The van der Waals surface area contributed by atoms with E-state index < -0.39 is 0 Å². The standard InChI is InChI=1S/C14H17FN4O/c1-9-3-4-10(11(15)7-9)14-17-13(18-20-14)12-8-16-5-6-19(12)2/h3-4,7,12,16H,5-6,8H2,1-2H3. The lowest BCUT2D eigenvalue weighted by Gasteiger charge is -2.30. The SMILES string of the molecule is Cc1ccc(-c2nc(C3CNCCN3C)no2)c(F)c1. The molecule has 2 heterocycles. The summed E-state index contributed by atoms with van der Waals surface area (Å²) in [7, 11) is 2.02. The Labute approximate surface area is 116 Å². The summed E-state index contributed by atoms with van der Waals surface area (Å²) in [4.78, 5) is 6.51. The number of hydrogen-bond acceptors (Lipinski definition) is 5. The van der Waals surface area contributed by atoms with Crippen LogP contribution in [0.5, 0.6) is 0 Å². The van der Waals surface area contributed by atoms with Gasteiger partial charge in [0, 0.05) is 19.6 Å². The molecule has 3 rings (SSSR count). The Kier molecular flexibility index (Phi) is 3.50. The zero-order chi connectivity index (χ0) is 14.1. The van der Waals surface area contributed by atoms with Crippen molar-refractivity contribution in [2.75, 3.05) is 26.7 Å². The highest BCUT2D eigenvalue weighted by Gasteiger charge is 2.26. The van der Waals surface area contributed by atoms with Gasteiger partial charge in [-0.3, -0.25) is 4.90 Å². The second kappa shape index (κ2) is 5.30. The van der Waals surface area contributed by atoms with E-state index in [1.807, 2.05) is 20.0 Å². The minimum atomic E-state index is -0.338. The van der Waals surface area contributed by atoms with Crippen LogP contribution in [0.1, 0.15) is 17.4 Å². The molecule has 1 aliphatic rings. The molecule has 6 heteroatoms. The molecule has 1 atom stereocenters. The summed E-state index contributed by atoms with van der Waals surface area (Å²) in [5.41, 5.74) is 1.21. The molecular formula is C14H17FN4O. The van der Waals surface area contributed by atoms with Crippen molar-refractivity contribution in [1.82, 2.24) is 20.4 Å². The normalized spacial score (nSPS) is 20.2. The largest absolute Gasteiger partial charge is 0.334 e. The Morgan fingerprint density at radius 2 is 2.30 bits per heavy atom. The number of nitrogens with one attached hydrogen (secondary N) is 1. The molecule has 1 fully saturated rings. The van der Waals surface area contributed by atoms with Gasteiger partial charge in [-0.15, -0.1) is 0 Å². The zero-order valence-corrected chi connectivity index (χ0v) is 11.6. The highest BCUT2D eigenvalue weighted by molar-refractivity contribution is 5.54. The van der Waals surface area contributed by atoms with Gasteiger partial charge in [0.25, 0.3) is 5.89 Å². The summed E-state index contributed by atoms with van der Waals surface area (Å²) in [5.74, 6) is 0.487. The van der Waals surface area contributed by atoms with Crippen LogP contribution in [0.3, 0.4) is 0 Å². The number of nitrogens with zero attached hydrogens (tertiary/aromatic N) is 3. The zero-order valence-electron chi connectivity index (χ0n) is 11.6. The minimum Gasteiger partial charge on any atom is -0.334 e. The molecule has 0 amide bonds. The van der Waals surface area contributed by atoms with Gasteiger partial charge in [-0.1, -0.05) is 11.2 Å². The summed E-state index contributed by atoms with van der Waals surface area (Å²) in [6.45, 7) is 4.48. The summed E-state index contributed by atoms with van der Waals surface area (Å²) < 4.78 is 19.1. The third-order valence-electron chi connectivity index (χ3n) is 3.61. The molecule has 1 saturated heterocycles. The van der Waals surface area contributed by atoms with Crippen LogP contribution in [0.2, 0.25) is 0 Å². The topological polar surface area (TPSA) is 54.2 Å². The summed E-state index contributed by atoms with van der Waals surface area (Å²) in [6, 6.07) is 5.03. The van der Waals surface area contributed by atoms with E-state index in [2.05, 4.69) is 20.4 Å². The van der Waals surface area contributed by atoms with Crippen LogP contribution in [-0.4, -0.2) is 41.7 Å². The summed E-state index contributed by atoms with van der Waals surface area (Å²) in [5, 5.41) is 7.29. The Bertz CT molecular complexity index is 613. The fraction of sp³-hybridized carbons (Fsp3) is 0.429. The average molecular weight is 276 g/mol. The Hall–Kier alpha value is -1.79. The molecule has 1 aromatic carbocycles. The smallest absolute Gasteiger partial charge is 0.260 e. The summed E-state index contributed by atoms with van der Waals surface area (Å²) in [6.07, 6.45) is 0. The van der Waals surface area contributed by atoms with Gasteiger partial charge in [-0.05, 0) is 31.7 Å². The lowest BCUT2D eigenvalue weighted by molar-refractivity contribution is 0.190. The van der Waals surface area contributed by atoms with Crippen LogP contribution in [0.4, 0.5) is 4.39 Å². The number of hydrogen-bond donors (Lipinski definition) is 1. The van der Waals surface area contributed by atoms with Crippen molar-refractivity contribution in [3.63, 3.8) is 0 Å². The first-order valence-corrected chi connectivity index (χ1v) is 6.66. The van der Waals surface area contributed by atoms with Gasteiger partial charge < -0.3 is 9.84 Å². The predicted octanol–water partition coefficient (Wildman–Crippen LogP) is 1.76.